The van der Waals surface area contributed by atoms with Crippen LogP contribution in [0.25, 0.3) is 11.4 Å². The maximum Gasteiger partial charge on any atom is 0.251 e. The molecular weight excluding hydrogens is 344 g/mol. The number of nitrogens with zero attached hydrogens (tertiary/aromatic N) is 3. The van der Waals surface area contributed by atoms with Crippen LogP contribution in [0.1, 0.15) is 22.8 Å². The van der Waals surface area contributed by atoms with Gasteiger partial charge in [-0.25, -0.2) is 9.97 Å². The molecule has 0 aliphatic carbocycles. The average molecular weight is 366 g/mol. The van der Waals surface area contributed by atoms with E-state index in [0.717, 1.165) is 17.8 Å². The van der Waals surface area contributed by atoms with Crippen molar-refractivity contribution >= 4 is 23.1 Å². The Morgan fingerprint density at radius 2 is 1.96 bits per heavy atom. The van der Waals surface area contributed by atoms with Crippen molar-refractivity contribution in [3.05, 3.63) is 64.5 Å². The van der Waals surface area contributed by atoms with Crippen LogP contribution >= 0.6 is 11.3 Å². The second kappa shape index (κ2) is 8.10. The minimum atomic E-state index is -0.0674. The summed E-state index contributed by atoms with van der Waals surface area (Å²) in [6.07, 6.45) is 2.57. The van der Waals surface area contributed by atoms with E-state index >= 15 is 0 Å². The van der Waals surface area contributed by atoms with Crippen molar-refractivity contribution in [3.8, 4) is 11.4 Å². The van der Waals surface area contributed by atoms with Crippen molar-refractivity contribution in [1.29, 1.82) is 0 Å². The van der Waals surface area contributed by atoms with E-state index in [1.54, 1.807) is 17.5 Å². The topological polar surface area (TPSA) is 58.1 Å². The molecule has 5 nitrogen and oxygen atoms in total. The Morgan fingerprint density at radius 1 is 1.19 bits per heavy atom. The number of benzene rings is 1. The first-order chi connectivity index (χ1) is 12.5. The summed E-state index contributed by atoms with van der Waals surface area (Å²) < 4.78 is 0. The maximum absolute atomic E-state index is 12.4. The van der Waals surface area contributed by atoms with E-state index in [2.05, 4.69) is 32.1 Å². The zero-order valence-corrected chi connectivity index (χ0v) is 16.0. The number of thiophene rings is 1. The quantitative estimate of drug-likeness (QED) is 0.724. The molecule has 0 spiro atoms. The Balaban J connectivity index is 1.67. The second-order valence-corrected chi connectivity index (χ2v) is 7.20. The third kappa shape index (κ3) is 4.46. The van der Waals surface area contributed by atoms with E-state index in [1.807, 2.05) is 56.3 Å². The summed E-state index contributed by atoms with van der Waals surface area (Å²) in [7, 11) is 3.88. The lowest BCUT2D eigenvalue weighted by molar-refractivity contribution is 0.0940. The van der Waals surface area contributed by atoms with Crippen molar-refractivity contribution in [1.82, 2.24) is 15.3 Å². The van der Waals surface area contributed by atoms with Crippen LogP contribution < -0.4 is 10.2 Å². The Bertz CT molecular complexity index is 860. The molecule has 0 radical (unpaired) electrons. The molecule has 0 saturated heterocycles. The highest BCUT2D eigenvalue weighted by Crippen LogP contribution is 2.18. The third-order valence-electron chi connectivity index (χ3n) is 4.00. The van der Waals surface area contributed by atoms with E-state index < -0.39 is 0 Å². The van der Waals surface area contributed by atoms with Crippen LogP contribution in [0.15, 0.2) is 53.4 Å². The van der Waals surface area contributed by atoms with Gasteiger partial charge in [-0.05, 0) is 53.9 Å². The number of carbonyl (C=O) groups is 1. The molecule has 3 aromatic rings. The minimum Gasteiger partial charge on any atom is -0.363 e. The van der Waals surface area contributed by atoms with Crippen LogP contribution in [0.5, 0.6) is 0 Å². The molecule has 3 rings (SSSR count). The van der Waals surface area contributed by atoms with Gasteiger partial charge >= 0.3 is 0 Å². The van der Waals surface area contributed by atoms with Crippen LogP contribution in [-0.4, -0.2) is 36.0 Å². The molecule has 1 N–H and O–H groups in total. The van der Waals surface area contributed by atoms with Gasteiger partial charge < -0.3 is 10.2 Å². The van der Waals surface area contributed by atoms with Crippen LogP contribution in [0, 0.1) is 0 Å². The first kappa shape index (κ1) is 18.1. The fourth-order valence-corrected chi connectivity index (χ4v) is 3.31. The standard InChI is InChI=1S/C20H22N4OS/c1-14(12-15-9-11-26-13-15)22-20(25)17-6-4-16(5-7-17)19-21-10-8-18(23-19)24(2)3/h4-11,13-14H,12H2,1-3H3,(H,22,25). The van der Waals surface area contributed by atoms with E-state index in [1.165, 1.54) is 5.56 Å². The molecule has 0 aliphatic heterocycles. The summed E-state index contributed by atoms with van der Waals surface area (Å²) in [5.74, 6) is 1.43. The number of amides is 1. The molecule has 26 heavy (non-hydrogen) atoms. The fraction of sp³-hybridized carbons (Fsp3) is 0.250. The molecule has 6 heteroatoms. The van der Waals surface area contributed by atoms with Crippen molar-refractivity contribution in [2.24, 2.45) is 0 Å². The van der Waals surface area contributed by atoms with E-state index in [0.29, 0.717) is 11.4 Å². The largest absolute Gasteiger partial charge is 0.363 e. The minimum absolute atomic E-state index is 0.0674. The summed E-state index contributed by atoms with van der Waals surface area (Å²) in [5.41, 5.74) is 2.77. The molecule has 0 fully saturated rings. The van der Waals surface area contributed by atoms with Crippen LogP contribution in [-0.2, 0) is 6.42 Å². The number of rotatable bonds is 6. The molecule has 1 aromatic carbocycles. The lowest BCUT2D eigenvalue weighted by Gasteiger charge is -2.14. The summed E-state index contributed by atoms with van der Waals surface area (Å²) in [5, 5.41) is 7.21. The normalized spacial score (nSPS) is 11.8. The van der Waals surface area contributed by atoms with Gasteiger partial charge in [-0.2, -0.15) is 11.3 Å². The first-order valence-corrected chi connectivity index (χ1v) is 9.40. The van der Waals surface area contributed by atoms with Crippen LogP contribution in [0.2, 0.25) is 0 Å². The van der Waals surface area contributed by atoms with Gasteiger partial charge in [0.1, 0.15) is 5.82 Å². The van der Waals surface area contributed by atoms with E-state index in [9.17, 15) is 4.79 Å². The van der Waals surface area contributed by atoms with Crippen molar-refractivity contribution < 1.29 is 4.79 Å². The number of nitrogens with one attached hydrogen (secondary N) is 1. The lowest BCUT2D eigenvalue weighted by Crippen LogP contribution is -2.33. The predicted molar refractivity (Wildman–Crippen MR) is 107 cm³/mol. The second-order valence-electron chi connectivity index (χ2n) is 6.42. The number of hydrogen-bond acceptors (Lipinski definition) is 5. The predicted octanol–water partition coefficient (Wildman–Crippen LogP) is 3.63. The zero-order chi connectivity index (χ0) is 18.5. The van der Waals surface area contributed by atoms with Gasteiger partial charge in [-0.15, -0.1) is 0 Å². The highest BCUT2D eigenvalue weighted by molar-refractivity contribution is 7.07. The number of aromatic nitrogens is 2. The highest BCUT2D eigenvalue weighted by atomic mass is 32.1. The Morgan fingerprint density at radius 3 is 2.62 bits per heavy atom. The van der Waals surface area contributed by atoms with E-state index in [-0.39, 0.29) is 11.9 Å². The number of hydrogen-bond donors (Lipinski definition) is 1. The van der Waals surface area contributed by atoms with Crippen molar-refractivity contribution in [2.75, 3.05) is 19.0 Å². The lowest BCUT2D eigenvalue weighted by atomic mass is 10.1. The van der Waals surface area contributed by atoms with Gasteiger partial charge in [0.2, 0.25) is 0 Å². The number of carbonyl (C=O) groups excluding carboxylic acids is 1. The molecule has 134 valence electrons. The third-order valence-corrected chi connectivity index (χ3v) is 4.74. The monoisotopic (exact) mass is 366 g/mol. The number of anilines is 1. The van der Waals surface area contributed by atoms with Crippen LogP contribution in [0.3, 0.4) is 0 Å². The molecule has 0 bridgehead atoms. The summed E-state index contributed by atoms with van der Waals surface area (Å²) in [6.45, 7) is 2.02. The summed E-state index contributed by atoms with van der Waals surface area (Å²) in [4.78, 5) is 23.2. The Kier molecular flexibility index (Phi) is 5.63. The van der Waals surface area contributed by atoms with Gasteiger partial charge in [0.15, 0.2) is 5.82 Å². The van der Waals surface area contributed by atoms with Crippen LogP contribution in [0.4, 0.5) is 5.82 Å². The first-order valence-electron chi connectivity index (χ1n) is 8.45. The highest BCUT2D eigenvalue weighted by Gasteiger charge is 2.11. The molecule has 1 atom stereocenters. The molecule has 1 unspecified atom stereocenters. The SMILES string of the molecule is CC(Cc1ccsc1)NC(=O)c1ccc(-c2nccc(N(C)C)n2)cc1. The van der Waals surface area contributed by atoms with E-state index in [4.69, 9.17) is 0 Å². The van der Waals surface area contributed by atoms with Gasteiger partial charge in [-0.1, -0.05) is 12.1 Å². The molecule has 2 aromatic heterocycles. The summed E-state index contributed by atoms with van der Waals surface area (Å²) >= 11 is 1.67. The van der Waals surface area contributed by atoms with Gasteiger partial charge in [0, 0.05) is 37.5 Å². The molecule has 0 aliphatic rings. The smallest absolute Gasteiger partial charge is 0.251 e. The zero-order valence-electron chi connectivity index (χ0n) is 15.1. The fourth-order valence-electron chi connectivity index (χ4n) is 2.63. The van der Waals surface area contributed by atoms with Gasteiger partial charge in [0.05, 0.1) is 0 Å². The molecule has 1 amide bonds. The van der Waals surface area contributed by atoms with Crippen molar-refractivity contribution in [2.45, 2.75) is 19.4 Å². The van der Waals surface area contributed by atoms with Gasteiger partial charge in [-0.3, -0.25) is 4.79 Å². The molecule has 0 saturated carbocycles. The average Bonchev–Trinajstić information content (AvgIpc) is 3.14. The Hall–Kier alpha value is -2.73. The molecule has 2 heterocycles. The van der Waals surface area contributed by atoms with Crippen molar-refractivity contribution in [3.63, 3.8) is 0 Å². The van der Waals surface area contributed by atoms with Gasteiger partial charge in [0.25, 0.3) is 5.91 Å². The summed E-state index contributed by atoms with van der Waals surface area (Å²) in [6, 6.07) is 11.4. The maximum atomic E-state index is 12.4. The molecular formula is C20H22N4OS. The Labute approximate surface area is 157 Å².